The molecule has 2 fully saturated rings. The lowest BCUT2D eigenvalue weighted by molar-refractivity contribution is 0.0593. The molecule has 0 N–H and O–H groups in total. The summed E-state index contributed by atoms with van der Waals surface area (Å²) in [5.41, 5.74) is 0.271. The van der Waals surface area contributed by atoms with E-state index in [0.29, 0.717) is 6.04 Å². The Kier molecular flexibility index (Phi) is 3.85. The van der Waals surface area contributed by atoms with Gasteiger partial charge in [-0.15, -0.1) is 0 Å². The third-order valence-corrected chi connectivity index (χ3v) is 4.57. The van der Waals surface area contributed by atoms with Gasteiger partial charge in [-0.05, 0) is 31.6 Å². The Labute approximate surface area is 119 Å². The van der Waals surface area contributed by atoms with Crippen LogP contribution in [-0.2, 0) is 4.74 Å². The average Bonchev–Trinajstić information content (AvgIpc) is 3.16. The normalized spacial score (nSPS) is 23.2. The molecule has 5 nitrogen and oxygen atoms in total. The van der Waals surface area contributed by atoms with Crippen molar-refractivity contribution < 1.29 is 9.53 Å². The molecule has 0 bridgehead atoms. The van der Waals surface area contributed by atoms with Gasteiger partial charge in [0.25, 0.3) is 0 Å². The maximum absolute atomic E-state index is 11.4. The monoisotopic (exact) mass is 275 g/mol. The molecular formula is C15H21N3O2. The van der Waals surface area contributed by atoms with Crippen molar-refractivity contribution in [1.82, 2.24) is 9.97 Å². The summed E-state index contributed by atoms with van der Waals surface area (Å²) in [6.07, 6.45) is 11.1. The summed E-state index contributed by atoms with van der Waals surface area (Å²) in [4.78, 5) is 22.4. The molecule has 0 amide bonds. The molecule has 1 aromatic rings. The predicted octanol–water partition coefficient (Wildman–Crippen LogP) is 2.42. The minimum atomic E-state index is -0.433. The van der Waals surface area contributed by atoms with E-state index in [9.17, 15) is 4.79 Å². The molecule has 1 saturated heterocycles. The van der Waals surface area contributed by atoms with Crippen LogP contribution >= 0.6 is 0 Å². The standard InChI is InChI=1S/C15H21N3O2/c1-20-15(19)12-9-17-14(10-16-12)18-8-4-7-13(18)11-5-2-3-6-11/h9-11,13H,2-8H2,1H3. The Morgan fingerprint density at radius 3 is 2.65 bits per heavy atom. The molecule has 1 saturated carbocycles. The van der Waals surface area contributed by atoms with E-state index in [-0.39, 0.29) is 5.69 Å². The minimum absolute atomic E-state index is 0.271. The van der Waals surface area contributed by atoms with Crippen molar-refractivity contribution in [1.29, 1.82) is 0 Å². The molecule has 20 heavy (non-hydrogen) atoms. The molecule has 2 aliphatic rings. The average molecular weight is 275 g/mol. The van der Waals surface area contributed by atoms with E-state index >= 15 is 0 Å². The predicted molar refractivity (Wildman–Crippen MR) is 75.7 cm³/mol. The fourth-order valence-electron chi connectivity index (χ4n) is 3.59. The fourth-order valence-corrected chi connectivity index (χ4v) is 3.59. The number of ether oxygens (including phenoxy) is 1. The number of carbonyl (C=O) groups excluding carboxylic acids is 1. The summed E-state index contributed by atoms with van der Waals surface area (Å²) in [7, 11) is 1.36. The van der Waals surface area contributed by atoms with Crippen LogP contribution in [0.2, 0.25) is 0 Å². The van der Waals surface area contributed by atoms with Crippen molar-refractivity contribution >= 4 is 11.8 Å². The van der Waals surface area contributed by atoms with Gasteiger partial charge >= 0.3 is 5.97 Å². The maximum atomic E-state index is 11.4. The molecule has 1 aliphatic carbocycles. The molecule has 1 atom stereocenters. The van der Waals surface area contributed by atoms with E-state index in [1.807, 2.05) is 0 Å². The topological polar surface area (TPSA) is 55.3 Å². The van der Waals surface area contributed by atoms with E-state index in [1.165, 1.54) is 51.8 Å². The van der Waals surface area contributed by atoms with E-state index in [4.69, 9.17) is 0 Å². The molecule has 2 heterocycles. The zero-order valence-electron chi connectivity index (χ0n) is 11.9. The van der Waals surface area contributed by atoms with E-state index in [2.05, 4.69) is 19.6 Å². The number of anilines is 1. The highest BCUT2D eigenvalue weighted by atomic mass is 16.5. The van der Waals surface area contributed by atoms with Crippen molar-refractivity contribution in [2.24, 2.45) is 5.92 Å². The van der Waals surface area contributed by atoms with Gasteiger partial charge in [0.05, 0.1) is 19.5 Å². The van der Waals surface area contributed by atoms with Crippen LogP contribution in [-0.4, -0.2) is 35.6 Å². The summed E-state index contributed by atoms with van der Waals surface area (Å²) < 4.78 is 4.65. The second-order valence-electron chi connectivity index (χ2n) is 5.70. The van der Waals surface area contributed by atoms with Crippen molar-refractivity contribution in [3.8, 4) is 0 Å². The molecule has 1 aromatic heterocycles. The smallest absolute Gasteiger partial charge is 0.358 e. The Morgan fingerprint density at radius 1 is 1.20 bits per heavy atom. The highest BCUT2D eigenvalue weighted by molar-refractivity contribution is 5.86. The highest BCUT2D eigenvalue weighted by Crippen LogP contribution is 2.36. The van der Waals surface area contributed by atoms with Crippen molar-refractivity contribution in [3.05, 3.63) is 18.1 Å². The summed E-state index contributed by atoms with van der Waals surface area (Å²) in [6, 6.07) is 0.607. The number of esters is 1. The SMILES string of the molecule is COC(=O)c1cnc(N2CCCC2C2CCCC2)cn1. The van der Waals surface area contributed by atoms with Crippen LogP contribution in [0.1, 0.15) is 49.0 Å². The first-order valence-electron chi connectivity index (χ1n) is 7.46. The quantitative estimate of drug-likeness (QED) is 0.793. The first-order valence-corrected chi connectivity index (χ1v) is 7.46. The first-order chi connectivity index (χ1) is 9.79. The molecule has 0 spiro atoms. The van der Waals surface area contributed by atoms with Gasteiger partial charge in [-0.2, -0.15) is 0 Å². The second kappa shape index (κ2) is 5.77. The molecule has 1 unspecified atom stereocenters. The number of hydrogen-bond donors (Lipinski definition) is 0. The third kappa shape index (κ3) is 2.49. The van der Waals surface area contributed by atoms with Gasteiger partial charge in [-0.3, -0.25) is 0 Å². The molecule has 0 radical (unpaired) electrons. The third-order valence-electron chi connectivity index (χ3n) is 4.57. The fraction of sp³-hybridized carbons (Fsp3) is 0.667. The molecule has 1 aliphatic heterocycles. The van der Waals surface area contributed by atoms with Crippen LogP contribution in [0.5, 0.6) is 0 Å². The van der Waals surface area contributed by atoms with Crippen LogP contribution < -0.4 is 4.90 Å². The Morgan fingerprint density at radius 2 is 2.00 bits per heavy atom. The van der Waals surface area contributed by atoms with E-state index in [0.717, 1.165) is 18.3 Å². The number of hydrogen-bond acceptors (Lipinski definition) is 5. The van der Waals surface area contributed by atoms with Gasteiger partial charge in [0.1, 0.15) is 5.82 Å². The number of nitrogens with zero attached hydrogens (tertiary/aromatic N) is 3. The second-order valence-corrected chi connectivity index (χ2v) is 5.70. The molecule has 5 heteroatoms. The van der Waals surface area contributed by atoms with Gasteiger partial charge in [0.2, 0.25) is 0 Å². The number of carbonyl (C=O) groups is 1. The molecule has 0 aromatic carbocycles. The molecule has 108 valence electrons. The van der Waals surface area contributed by atoms with Crippen molar-refractivity contribution in [2.75, 3.05) is 18.6 Å². The Balaban J connectivity index is 1.75. The number of rotatable bonds is 3. The van der Waals surface area contributed by atoms with E-state index in [1.54, 1.807) is 6.20 Å². The summed E-state index contributed by atoms with van der Waals surface area (Å²) in [5, 5.41) is 0. The Hall–Kier alpha value is -1.65. The largest absolute Gasteiger partial charge is 0.464 e. The van der Waals surface area contributed by atoms with Crippen LogP contribution in [0.3, 0.4) is 0 Å². The first kappa shape index (κ1) is 13.3. The minimum Gasteiger partial charge on any atom is -0.464 e. The van der Waals surface area contributed by atoms with E-state index < -0.39 is 5.97 Å². The lowest BCUT2D eigenvalue weighted by Gasteiger charge is -2.30. The summed E-state index contributed by atoms with van der Waals surface area (Å²) in [5.74, 6) is 1.27. The zero-order chi connectivity index (χ0) is 13.9. The molecule has 3 rings (SSSR count). The van der Waals surface area contributed by atoms with Crippen LogP contribution in [0.25, 0.3) is 0 Å². The number of methoxy groups -OCH3 is 1. The van der Waals surface area contributed by atoms with Crippen LogP contribution in [0.4, 0.5) is 5.82 Å². The van der Waals surface area contributed by atoms with Gasteiger partial charge < -0.3 is 9.64 Å². The van der Waals surface area contributed by atoms with Crippen molar-refractivity contribution in [2.45, 2.75) is 44.6 Å². The van der Waals surface area contributed by atoms with Crippen LogP contribution in [0.15, 0.2) is 12.4 Å². The molecular weight excluding hydrogens is 254 g/mol. The summed E-state index contributed by atoms with van der Waals surface area (Å²) in [6.45, 7) is 1.05. The van der Waals surface area contributed by atoms with Gasteiger partial charge in [0, 0.05) is 12.6 Å². The van der Waals surface area contributed by atoms with Gasteiger partial charge in [0.15, 0.2) is 5.69 Å². The number of aromatic nitrogens is 2. The zero-order valence-corrected chi connectivity index (χ0v) is 11.9. The van der Waals surface area contributed by atoms with Gasteiger partial charge in [-0.25, -0.2) is 14.8 Å². The lowest BCUT2D eigenvalue weighted by atomic mass is 9.96. The lowest BCUT2D eigenvalue weighted by Crippen LogP contribution is -2.35. The van der Waals surface area contributed by atoms with Crippen molar-refractivity contribution in [3.63, 3.8) is 0 Å². The maximum Gasteiger partial charge on any atom is 0.358 e. The summed E-state index contributed by atoms with van der Waals surface area (Å²) >= 11 is 0. The Bertz CT molecular complexity index is 469. The van der Waals surface area contributed by atoms with Gasteiger partial charge in [-0.1, -0.05) is 12.8 Å². The highest BCUT2D eigenvalue weighted by Gasteiger charge is 2.34. The van der Waals surface area contributed by atoms with Crippen LogP contribution in [0, 0.1) is 5.92 Å².